The quantitative estimate of drug-likeness (QED) is 0.766. The van der Waals surface area contributed by atoms with Gasteiger partial charge in [0.1, 0.15) is 5.58 Å². The minimum atomic E-state index is -0.938. The molecule has 1 saturated heterocycles. The number of carbonyl (C=O) groups is 2. The number of rotatable bonds is 3. The molecule has 2 heterocycles. The van der Waals surface area contributed by atoms with Gasteiger partial charge in [-0.1, -0.05) is 24.4 Å². The molecule has 138 valence electrons. The summed E-state index contributed by atoms with van der Waals surface area (Å²) in [6.07, 6.45) is 3.17. The number of hydrogen-bond donors (Lipinski definition) is 0. The van der Waals surface area contributed by atoms with Crippen molar-refractivity contribution in [3.05, 3.63) is 45.3 Å². The highest BCUT2D eigenvalue weighted by atomic mass is 35.5. The second-order valence-corrected chi connectivity index (χ2v) is 6.84. The van der Waals surface area contributed by atoms with Gasteiger partial charge in [-0.2, -0.15) is 0 Å². The summed E-state index contributed by atoms with van der Waals surface area (Å²) >= 11 is 5.87. The van der Waals surface area contributed by atoms with Crippen LogP contribution in [0.1, 0.15) is 43.2 Å². The van der Waals surface area contributed by atoms with Crippen molar-refractivity contribution in [1.82, 2.24) is 4.90 Å². The number of ether oxygens (including phenoxy) is 1. The lowest BCUT2D eigenvalue weighted by atomic mass is 10.2. The highest BCUT2D eigenvalue weighted by Crippen LogP contribution is 2.18. The third-order valence-electron chi connectivity index (χ3n) is 4.44. The fourth-order valence-corrected chi connectivity index (χ4v) is 3.22. The van der Waals surface area contributed by atoms with Crippen LogP contribution in [0.4, 0.5) is 0 Å². The van der Waals surface area contributed by atoms with E-state index >= 15 is 0 Å². The monoisotopic (exact) mass is 377 g/mol. The van der Waals surface area contributed by atoms with Gasteiger partial charge in [0, 0.05) is 24.2 Å². The lowest BCUT2D eigenvalue weighted by molar-refractivity contribution is -0.139. The number of benzene rings is 1. The van der Waals surface area contributed by atoms with Gasteiger partial charge in [-0.3, -0.25) is 9.59 Å². The number of amides is 1. The number of fused-ring (bicyclic) bond motifs is 1. The fourth-order valence-electron chi connectivity index (χ4n) is 3.05. The highest BCUT2D eigenvalue weighted by Gasteiger charge is 2.26. The summed E-state index contributed by atoms with van der Waals surface area (Å²) in [5.41, 5.74) is -0.160. The summed E-state index contributed by atoms with van der Waals surface area (Å²) in [7, 11) is 0. The molecule has 0 saturated carbocycles. The van der Waals surface area contributed by atoms with Gasteiger partial charge in [-0.25, -0.2) is 4.79 Å². The molecule has 0 N–H and O–H groups in total. The first-order chi connectivity index (χ1) is 12.5. The Morgan fingerprint density at radius 1 is 1.15 bits per heavy atom. The minimum Gasteiger partial charge on any atom is -0.449 e. The van der Waals surface area contributed by atoms with Crippen LogP contribution in [-0.4, -0.2) is 36.0 Å². The minimum absolute atomic E-state index is 0.227. The number of esters is 1. The van der Waals surface area contributed by atoms with E-state index in [4.69, 9.17) is 20.8 Å². The first kappa shape index (κ1) is 18.5. The molecular formula is C19H20ClNO5. The Hall–Kier alpha value is -2.34. The lowest BCUT2D eigenvalue weighted by Gasteiger charge is -2.23. The van der Waals surface area contributed by atoms with Crippen molar-refractivity contribution in [1.29, 1.82) is 0 Å². The Balaban J connectivity index is 1.74. The first-order valence-corrected chi connectivity index (χ1v) is 9.06. The molecule has 1 aromatic heterocycles. The molecule has 1 fully saturated rings. The molecular weight excluding hydrogens is 358 g/mol. The van der Waals surface area contributed by atoms with Gasteiger partial charge in [0.25, 0.3) is 5.91 Å². The molecule has 0 aliphatic carbocycles. The SMILES string of the molecule is C[C@@H](OC(=O)c1cc(=O)c2cc(Cl)ccc2o1)C(=O)N1CCCCCC1. The maximum Gasteiger partial charge on any atom is 0.375 e. The van der Waals surface area contributed by atoms with E-state index in [1.165, 1.54) is 19.1 Å². The maximum atomic E-state index is 12.5. The zero-order chi connectivity index (χ0) is 18.7. The maximum absolute atomic E-state index is 12.5. The number of hydrogen-bond acceptors (Lipinski definition) is 5. The standard InChI is InChI=1S/C19H20ClNO5/c1-12(18(23)21-8-4-2-3-5-9-21)25-19(24)17-11-15(22)14-10-13(20)6-7-16(14)26-17/h6-7,10-12H,2-5,8-9H2,1H3/t12-/m1/s1. The molecule has 0 unspecified atom stereocenters. The molecule has 1 amide bonds. The molecule has 26 heavy (non-hydrogen) atoms. The van der Waals surface area contributed by atoms with Gasteiger partial charge in [-0.05, 0) is 38.0 Å². The number of nitrogens with zero attached hydrogens (tertiary/aromatic N) is 1. The third-order valence-corrected chi connectivity index (χ3v) is 4.67. The van der Waals surface area contributed by atoms with Crippen LogP contribution < -0.4 is 5.43 Å². The van der Waals surface area contributed by atoms with E-state index in [2.05, 4.69) is 0 Å². The van der Waals surface area contributed by atoms with Crippen LogP contribution in [0.25, 0.3) is 11.0 Å². The Morgan fingerprint density at radius 3 is 2.54 bits per heavy atom. The molecule has 1 aromatic carbocycles. The van der Waals surface area contributed by atoms with E-state index < -0.39 is 17.5 Å². The fraction of sp³-hybridized carbons (Fsp3) is 0.421. The van der Waals surface area contributed by atoms with E-state index in [1.807, 2.05) is 0 Å². The van der Waals surface area contributed by atoms with Gasteiger partial charge in [-0.15, -0.1) is 0 Å². The summed E-state index contributed by atoms with van der Waals surface area (Å²) < 4.78 is 10.7. The molecule has 2 aromatic rings. The molecule has 0 bridgehead atoms. The van der Waals surface area contributed by atoms with E-state index in [0.717, 1.165) is 31.7 Å². The summed E-state index contributed by atoms with van der Waals surface area (Å²) in [6.45, 7) is 2.88. The molecule has 3 rings (SSSR count). The number of carbonyl (C=O) groups excluding carboxylic acids is 2. The van der Waals surface area contributed by atoms with Gasteiger partial charge >= 0.3 is 5.97 Å². The number of likely N-dealkylation sites (tertiary alicyclic amines) is 1. The van der Waals surface area contributed by atoms with Crippen LogP contribution in [-0.2, 0) is 9.53 Å². The normalized spacial score (nSPS) is 16.2. The van der Waals surface area contributed by atoms with E-state index in [9.17, 15) is 14.4 Å². The van der Waals surface area contributed by atoms with Gasteiger partial charge < -0.3 is 14.1 Å². The molecule has 7 heteroatoms. The second kappa shape index (κ2) is 7.91. The van der Waals surface area contributed by atoms with Crippen molar-refractivity contribution in [3.8, 4) is 0 Å². The van der Waals surface area contributed by atoms with Crippen molar-refractivity contribution >= 4 is 34.4 Å². The number of halogens is 1. The Labute approximate surface area is 155 Å². The Morgan fingerprint density at radius 2 is 1.85 bits per heavy atom. The van der Waals surface area contributed by atoms with Gasteiger partial charge in [0.15, 0.2) is 11.5 Å². The molecule has 1 aliphatic rings. The smallest absolute Gasteiger partial charge is 0.375 e. The third kappa shape index (κ3) is 4.07. The van der Waals surface area contributed by atoms with Crippen molar-refractivity contribution in [2.45, 2.75) is 38.7 Å². The Kier molecular flexibility index (Phi) is 5.61. The van der Waals surface area contributed by atoms with Gasteiger partial charge in [0.05, 0.1) is 5.39 Å². The van der Waals surface area contributed by atoms with E-state index in [1.54, 1.807) is 11.0 Å². The molecule has 0 spiro atoms. The molecule has 1 aliphatic heterocycles. The topological polar surface area (TPSA) is 76.8 Å². The van der Waals surface area contributed by atoms with Crippen molar-refractivity contribution in [3.63, 3.8) is 0 Å². The van der Waals surface area contributed by atoms with Gasteiger partial charge in [0.2, 0.25) is 5.76 Å². The first-order valence-electron chi connectivity index (χ1n) is 8.69. The predicted molar refractivity (Wildman–Crippen MR) is 97.4 cm³/mol. The average Bonchev–Trinajstić information content (AvgIpc) is 2.90. The average molecular weight is 378 g/mol. The lowest BCUT2D eigenvalue weighted by Crippen LogP contribution is -2.40. The van der Waals surface area contributed by atoms with Crippen molar-refractivity contribution in [2.75, 3.05) is 13.1 Å². The summed E-state index contributed by atoms with van der Waals surface area (Å²) in [6, 6.07) is 5.61. The van der Waals surface area contributed by atoms with Crippen molar-refractivity contribution < 1.29 is 18.7 Å². The van der Waals surface area contributed by atoms with Crippen LogP contribution in [0.2, 0.25) is 5.02 Å². The molecule has 6 nitrogen and oxygen atoms in total. The zero-order valence-electron chi connectivity index (χ0n) is 14.5. The van der Waals surface area contributed by atoms with Crippen molar-refractivity contribution in [2.24, 2.45) is 0 Å². The van der Waals surface area contributed by atoms with Crippen LogP contribution in [0, 0.1) is 0 Å². The van der Waals surface area contributed by atoms with Crippen LogP contribution in [0.3, 0.4) is 0 Å². The predicted octanol–water partition coefficient (Wildman–Crippen LogP) is 3.39. The highest BCUT2D eigenvalue weighted by molar-refractivity contribution is 6.31. The Bertz CT molecular complexity index is 883. The summed E-state index contributed by atoms with van der Waals surface area (Å²) in [5.74, 6) is -1.30. The van der Waals surface area contributed by atoms with Crippen LogP contribution in [0.5, 0.6) is 0 Å². The molecule has 1 atom stereocenters. The molecule has 0 radical (unpaired) electrons. The van der Waals surface area contributed by atoms with E-state index in [0.29, 0.717) is 18.1 Å². The van der Waals surface area contributed by atoms with Crippen LogP contribution >= 0.6 is 11.6 Å². The zero-order valence-corrected chi connectivity index (χ0v) is 15.3. The summed E-state index contributed by atoms with van der Waals surface area (Å²) in [4.78, 5) is 38.7. The van der Waals surface area contributed by atoms with Crippen LogP contribution in [0.15, 0.2) is 33.5 Å². The van der Waals surface area contributed by atoms with E-state index in [-0.39, 0.29) is 22.6 Å². The largest absolute Gasteiger partial charge is 0.449 e. The summed E-state index contributed by atoms with van der Waals surface area (Å²) in [5, 5.41) is 0.680. The second-order valence-electron chi connectivity index (χ2n) is 6.40.